The lowest BCUT2D eigenvalue weighted by atomic mass is 9.92. The molecule has 1 heterocycles. The first-order chi connectivity index (χ1) is 13.2. The Bertz CT molecular complexity index is 765. The van der Waals surface area contributed by atoms with Gasteiger partial charge in [0, 0.05) is 32.2 Å². The molecule has 1 aliphatic rings. The van der Waals surface area contributed by atoms with Crippen LogP contribution in [0.2, 0.25) is 0 Å². The van der Waals surface area contributed by atoms with Crippen molar-refractivity contribution in [2.75, 3.05) is 32.8 Å². The number of piperazine rings is 1. The van der Waals surface area contributed by atoms with Crippen LogP contribution in [0.4, 0.5) is 4.79 Å². The Kier molecular flexibility index (Phi) is 6.48. The Morgan fingerprint density at radius 1 is 1.00 bits per heavy atom. The summed E-state index contributed by atoms with van der Waals surface area (Å²) < 4.78 is 5.04. The summed E-state index contributed by atoms with van der Waals surface area (Å²) in [5.41, 5.74) is 8.97. The molecule has 0 bridgehead atoms. The van der Waals surface area contributed by atoms with Crippen LogP contribution < -0.4 is 5.73 Å². The first-order valence-electron chi connectivity index (χ1n) is 9.15. The topological polar surface area (TPSA) is 58.8 Å². The van der Waals surface area contributed by atoms with E-state index >= 15 is 0 Å². The summed E-state index contributed by atoms with van der Waals surface area (Å²) >= 11 is 0. The predicted octanol–water partition coefficient (Wildman–Crippen LogP) is 2.82. The van der Waals surface area contributed by atoms with E-state index in [1.165, 1.54) is 5.56 Å². The van der Waals surface area contributed by atoms with Crippen molar-refractivity contribution in [3.8, 4) is 12.3 Å². The number of amides is 1. The molecule has 140 valence electrons. The largest absolute Gasteiger partial charge is 0.436 e. The smallest absolute Gasteiger partial charge is 0.410 e. The molecule has 0 aromatic heterocycles. The maximum absolute atomic E-state index is 12.0. The number of nitrogens with two attached hydrogens (primary N) is 1. The van der Waals surface area contributed by atoms with E-state index in [0.29, 0.717) is 13.1 Å². The number of hydrogen-bond donors (Lipinski definition) is 1. The minimum Gasteiger partial charge on any atom is -0.436 e. The molecule has 0 aliphatic carbocycles. The number of rotatable bonds is 5. The lowest BCUT2D eigenvalue weighted by Crippen LogP contribution is -2.51. The molecule has 1 amide bonds. The van der Waals surface area contributed by atoms with E-state index in [4.69, 9.17) is 16.9 Å². The molecule has 1 fully saturated rings. The average molecular weight is 363 g/mol. The van der Waals surface area contributed by atoms with Gasteiger partial charge in [-0.3, -0.25) is 4.90 Å². The molecule has 0 saturated carbocycles. The van der Waals surface area contributed by atoms with E-state index in [2.05, 4.69) is 35.1 Å². The van der Waals surface area contributed by atoms with Crippen LogP contribution in [0, 0.1) is 12.3 Å². The zero-order valence-electron chi connectivity index (χ0n) is 15.3. The number of carbonyl (C=O) groups excluding carboxylic acids is 1. The van der Waals surface area contributed by atoms with Crippen LogP contribution in [0.1, 0.15) is 23.2 Å². The average Bonchev–Trinajstić information content (AvgIpc) is 2.74. The second-order valence-corrected chi connectivity index (χ2v) is 6.57. The van der Waals surface area contributed by atoms with Gasteiger partial charge in [-0.2, -0.15) is 0 Å². The summed E-state index contributed by atoms with van der Waals surface area (Å²) in [6.07, 6.45) is 4.80. The van der Waals surface area contributed by atoms with E-state index in [1.54, 1.807) is 4.90 Å². The van der Waals surface area contributed by atoms with Gasteiger partial charge in [-0.15, -0.1) is 6.42 Å². The molecule has 0 radical (unpaired) electrons. The summed E-state index contributed by atoms with van der Waals surface area (Å²) in [6, 6.07) is 20.3. The second kappa shape index (κ2) is 9.22. The molecule has 5 heteroatoms. The SMILES string of the molecule is C#CCOC(=O)N1CCN([C@H](c2ccccc2)[C@@H](N)c2ccccc2)CC1. The molecule has 2 atom stereocenters. The highest BCUT2D eigenvalue weighted by molar-refractivity contribution is 5.67. The Balaban J connectivity index is 1.75. The normalized spacial score (nSPS) is 17.0. The van der Waals surface area contributed by atoms with E-state index in [0.717, 1.165) is 18.7 Å². The third kappa shape index (κ3) is 4.68. The molecule has 2 aromatic rings. The standard InChI is InChI=1S/C22H25N3O2/c1-2-17-27-22(26)25-15-13-24(14-16-25)21(19-11-7-4-8-12-19)20(23)18-9-5-3-6-10-18/h1,3-12,20-21H,13-17,23H2/t20-,21+/m0/s1. The van der Waals surface area contributed by atoms with Crippen LogP contribution in [-0.4, -0.2) is 48.7 Å². The Morgan fingerprint density at radius 3 is 2.11 bits per heavy atom. The van der Waals surface area contributed by atoms with E-state index < -0.39 is 0 Å². The molecule has 2 aromatic carbocycles. The zero-order valence-corrected chi connectivity index (χ0v) is 15.3. The Hall–Kier alpha value is -2.81. The lowest BCUT2D eigenvalue weighted by Gasteiger charge is -2.41. The van der Waals surface area contributed by atoms with E-state index in [-0.39, 0.29) is 24.8 Å². The van der Waals surface area contributed by atoms with Crippen LogP contribution in [0.25, 0.3) is 0 Å². The first kappa shape index (κ1) is 19.0. The molecular formula is C22H25N3O2. The van der Waals surface area contributed by atoms with Gasteiger partial charge in [-0.25, -0.2) is 4.79 Å². The van der Waals surface area contributed by atoms with Crippen LogP contribution in [0.3, 0.4) is 0 Å². The molecule has 0 unspecified atom stereocenters. The molecule has 3 rings (SSSR count). The van der Waals surface area contributed by atoms with Crippen LogP contribution in [0.5, 0.6) is 0 Å². The number of ether oxygens (including phenoxy) is 1. The highest BCUT2D eigenvalue weighted by atomic mass is 16.6. The van der Waals surface area contributed by atoms with Crippen molar-refractivity contribution in [3.05, 3.63) is 71.8 Å². The van der Waals surface area contributed by atoms with Crippen LogP contribution in [0.15, 0.2) is 60.7 Å². The van der Waals surface area contributed by atoms with Gasteiger partial charge in [0.2, 0.25) is 0 Å². The van der Waals surface area contributed by atoms with Gasteiger partial charge in [-0.1, -0.05) is 66.6 Å². The minimum atomic E-state index is -0.351. The number of hydrogen-bond acceptors (Lipinski definition) is 4. The predicted molar refractivity (Wildman–Crippen MR) is 106 cm³/mol. The summed E-state index contributed by atoms with van der Waals surface area (Å²) in [7, 11) is 0. The van der Waals surface area contributed by atoms with Crippen molar-refractivity contribution < 1.29 is 9.53 Å². The maximum Gasteiger partial charge on any atom is 0.410 e. The molecule has 27 heavy (non-hydrogen) atoms. The third-order valence-corrected chi connectivity index (χ3v) is 4.91. The fraction of sp³-hybridized carbons (Fsp3) is 0.318. The van der Waals surface area contributed by atoms with Gasteiger partial charge in [0.15, 0.2) is 6.61 Å². The molecular weight excluding hydrogens is 338 g/mol. The number of terminal acetylenes is 1. The number of carbonyl (C=O) groups is 1. The summed E-state index contributed by atoms with van der Waals surface area (Å²) in [6.45, 7) is 2.64. The van der Waals surface area contributed by atoms with Gasteiger partial charge >= 0.3 is 6.09 Å². The highest BCUT2D eigenvalue weighted by Crippen LogP contribution is 2.33. The minimum absolute atomic E-state index is 0.00453. The lowest BCUT2D eigenvalue weighted by molar-refractivity contribution is 0.0636. The third-order valence-electron chi connectivity index (χ3n) is 4.91. The molecule has 5 nitrogen and oxygen atoms in total. The van der Waals surface area contributed by atoms with Crippen molar-refractivity contribution in [1.29, 1.82) is 0 Å². The second-order valence-electron chi connectivity index (χ2n) is 6.57. The van der Waals surface area contributed by atoms with E-state index in [9.17, 15) is 4.79 Å². The van der Waals surface area contributed by atoms with Gasteiger partial charge in [0.1, 0.15) is 0 Å². The fourth-order valence-corrected chi connectivity index (χ4v) is 3.53. The summed E-state index contributed by atoms with van der Waals surface area (Å²) in [5.74, 6) is 2.32. The van der Waals surface area contributed by atoms with Gasteiger partial charge in [0.25, 0.3) is 0 Å². The van der Waals surface area contributed by atoms with Crippen LogP contribution in [-0.2, 0) is 4.74 Å². The van der Waals surface area contributed by atoms with Crippen LogP contribution >= 0.6 is 0 Å². The summed E-state index contributed by atoms with van der Waals surface area (Å²) in [5, 5.41) is 0. The molecule has 1 saturated heterocycles. The molecule has 1 aliphatic heterocycles. The fourth-order valence-electron chi connectivity index (χ4n) is 3.53. The van der Waals surface area contributed by atoms with E-state index in [1.807, 2.05) is 36.4 Å². The molecule has 2 N–H and O–H groups in total. The van der Waals surface area contributed by atoms with Crippen molar-refractivity contribution in [2.24, 2.45) is 5.73 Å². The monoisotopic (exact) mass is 363 g/mol. The zero-order chi connectivity index (χ0) is 19.1. The van der Waals surface area contributed by atoms with Crippen molar-refractivity contribution in [2.45, 2.75) is 12.1 Å². The van der Waals surface area contributed by atoms with Gasteiger partial charge in [0.05, 0.1) is 6.04 Å². The first-order valence-corrected chi connectivity index (χ1v) is 9.15. The van der Waals surface area contributed by atoms with Gasteiger partial charge < -0.3 is 15.4 Å². The Labute approximate surface area is 160 Å². The quantitative estimate of drug-likeness (QED) is 0.830. The maximum atomic E-state index is 12.0. The van der Waals surface area contributed by atoms with Gasteiger partial charge in [-0.05, 0) is 11.1 Å². The molecule has 0 spiro atoms. The number of nitrogens with zero attached hydrogens (tertiary/aromatic N) is 2. The van der Waals surface area contributed by atoms with Crippen molar-refractivity contribution >= 4 is 6.09 Å². The highest BCUT2D eigenvalue weighted by Gasteiger charge is 2.31. The Morgan fingerprint density at radius 2 is 1.56 bits per heavy atom. The van der Waals surface area contributed by atoms with Crippen molar-refractivity contribution in [3.63, 3.8) is 0 Å². The number of benzene rings is 2. The summed E-state index contributed by atoms with van der Waals surface area (Å²) in [4.78, 5) is 16.1. The van der Waals surface area contributed by atoms with Crippen molar-refractivity contribution in [1.82, 2.24) is 9.80 Å².